The number of hydrogen-bond acceptors (Lipinski definition) is 5. The van der Waals surface area contributed by atoms with Crippen LogP contribution in [0.3, 0.4) is 0 Å². The van der Waals surface area contributed by atoms with Crippen molar-refractivity contribution < 1.29 is 14.7 Å². The van der Waals surface area contributed by atoms with Gasteiger partial charge < -0.3 is 9.94 Å². The summed E-state index contributed by atoms with van der Waals surface area (Å²) in [6, 6.07) is 5.54. The molecule has 0 saturated carbocycles. The third kappa shape index (κ3) is 2.69. The molecule has 0 aliphatic heterocycles. The Morgan fingerprint density at radius 2 is 2.35 bits per heavy atom. The average Bonchev–Trinajstić information content (AvgIpc) is 2.83. The Morgan fingerprint density at radius 1 is 1.55 bits per heavy atom. The highest BCUT2D eigenvalue weighted by molar-refractivity contribution is 6.01. The lowest BCUT2D eigenvalue weighted by Gasteiger charge is -1.99. The smallest absolute Gasteiger partial charge is 0.330 e. The van der Waals surface area contributed by atoms with Gasteiger partial charge in [-0.3, -0.25) is 4.40 Å². The molecule has 0 aliphatic carbocycles. The minimum absolute atomic E-state index is 0.320. The van der Waals surface area contributed by atoms with E-state index in [2.05, 4.69) is 10.1 Å². The van der Waals surface area contributed by atoms with Crippen LogP contribution in [0.2, 0.25) is 0 Å². The van der Waals surface area contributed by atoms with E-state index in [0.29, 0.717) is 29.4 Å². The standard InChI is InChI=1S/C14H15N3O3/c1-3-20-13(18)8-7-11-14(10(2)16-19)15-12-6-4-5-9-17(11)12/h4-9,19H,3H2,1-2H3/b8-7+,16-10+. The van der Waals surface area contributed by atoms with Crippen molar-refractivity contribution in [1.82, 2.24) is 9.38 Å². The van der Waals surface area contributed by atoms with Gasteiger partial charge in [0.15, 0.2) is 0 Å². The summed E-state index contributed by atoms with van der Waals surface area (Å²) < 4.78 is 6.65. The van der Waals surface area contributed by atoms with Gasteiger partial charge in [0.05, 0.1) is 12.3 Å². The Labute approximate surface area is 116 Å². The van der Waals surface area contributed by atoms with Gasteiger partial charge in [0.25, 0.3) is 0 Å². The van der Waals surface area contributed by atoms with Gasteiger partial charge in [0.1, 0.15) is 17.1 Å². The third-order valence-corrected chi connectivity index (χ3v) is 2.72. The van der Waals surface area contributed by atoms with Crippen molar-refractivity contribution in [3.05, 3.63) is 41.9 Å². The van der Waals surface area contributed by atoms with Crippen LogP contribution >= 0.6 is 0 Å². The molecule has 6 heteroatoms. The number of carbonyl (C=O) groups is 1. The van der Waals surface area contributed by atoms with Crippen LogP contribution in [0.25, 0.3) is 11.7 Å². The molecule has 2 aromatic heterocycles. The van der Waals surface area contributed by atoms with E-state index in [1.54, 1.807) is 24.3 Å². The van der Waals surface area contributed by atoms with E-state index in [4.69, 9.17) is 9.94 Å². The summed E-state index contributed by atoms with van der Waals surface area (Å²) in [5, 5.41) is 12.1. The molecule has 0 fully saturated rings. The third-order valence-electron chi connectivity index (χ3n) is 2.72. The second kappa shape index (κ2) is 6.01. The monoisotopic (exact) mass is 273 g/mol. The van der Waals surface area contributed by atoms with Crippen LogP contribution in [0.4, 0.5) is 0 Å². The van der Waals surface area contributed by atoms with Crippen LogP contribution in [0.5, 0.6) is 0 Å². The molecule has 0 radical (unpaired) electrons. The minimum atomic E-state index is -0.428. The highest BCUT2D eigenvalue weighted by Gasteiger charge is 2.12. The number of esters is 1. The Bertz CT molecular complexity index is 686. The number of ether oxygens (including phenoxy) is 1. The first-order chi connectivity index (χ1) is 9.67. The zero-order chi connectivity index (χ0) is 14.5. The molecule has 0 unspecified atom stereocenters. The molecular formula is C14H15N3O3. The maximum absolute atomic E-state index is 11.4. The Kier molecular flexibility index (Phi) is 4.14. The van der Waals surface area contributed by atoms with E-state index in [-0.39, 0.29) is 0 Å². The fourth-order valence-electron chi connectivity index (χ4n) is 1.83. The fraction of sp³-hybridized carbons (Fsp3) is 0.214. The largest absolute Gasteiger partial charge is 0.463 e. The lowest BCUT2D eigenvalue weighted by Crippen LogP contribution is -2.01. The van der Waals surface area contributed by atoms with E-state index >= 15 is 0 Å². The number of aromatic nitrogens is 2. The van der Waals surface area contributed by atoms with Crippen LogP contribution in [-0.4, -0.2) is 32.9 Å². The zero-order valence-electron chi connectivity index (χ0n) is 11.3. The fourth-order valence-corrected chi connectivity index (χ4v) is 1.83. The Hall–Kier alpha value is -2.63. The van der Waals surface area contributed by atoms with Gasteiger partial charge in [-0.15, -0.1) is 0 Å². The van der Waals surface area contributed by atoms with Gasteiger partial charge >= 0.3 is 5.97 Å². The molecule has 2 aromatic rings. The van der Waals surface area contributed by atoms with Gasteiger partial charge in [-0.25, -0.2) is 9.78 Å². The molecule has 0 atom stereocenters. The number of fused-ring (bicyclic) bond motifs is 1. The van der Waals surface area contributed by atoms with Crippen LogP contribution in [0.1, 0.15) is 25.2 Å². The van der Waals surface area contributed by atoms with E-state index in [1.165, 1.54) is 6.08 Å². The van der Waals surface area contributed by atoms with E-state index in [1.807, 2.05) is 24.4 Å². The normalized spacial score (nSPS) is 12.2. The van der Waals surface area contributed by atoms with Crippen LogP contribution in [-0.2, 0) is 9.53 Å². The first-order valence-electron chi connectivity index (χ1n) is 6.18. The van der Waals surface area contributed by atoms with Crippen LogP contribution in [0.15, 0.2) is 35.6 Å². The summed E-state index contributed by atoms with van der Waals surface area (Å²) in [7, 11) is 0. The molecular weight excluding hydrogens is 258 g/mol. The van der Waals surface area contributed by atoms with Crippen molar-refractivity contribution in [2.75, 3.05) is 6.61 Å². The topological polar surface area (TPSA) is 76.2 Å². The SMILES string of the molecule is CCOC(=O)/C=C/c1c(/C(C)=N/O)nc2ccccn12. The van der Waals surface area contributed by atoms with Crippen molar-refractivity contribution in [1.29, 1.82) is 0 Å². The van der Waals surface area contributed by atoms with Crippen molar-refractivity contribution in [3.8, 4) is 0 Å². The van der Waals surface area contributed by atoms with Crippen molar-refractivity contribution in [2.45, 2.75) is 13.8 Å². The van der Waals surface area contributed by atoms with Crippen LogP contribution < -0.4 is 0 Å². The quantitative estimate of drug-likeness (QED) is 0.304. The number of hydrogen-bond donors (Lipinski definition) is 1. The molecule has 0 aliphatic rings. The number of pyridine rings is 1. The van der Waals surface area contributed by atoms with Crippen LogP contribution in [0, 0.1) is 0 Å². The number of rotatable bonds is 4. The molecule has 0 bridgehead atoms. The second-order valence-corrected chi connectivity index (χ2v) is 4.05. The minimum Gasteiger partial charge on any atom is -0.463 e. The first kappa shape index (κ1) is 13.8. The molecule has 0 amide bonds. The molecule has 2 heterocycles. The number of carbonyl (C=O) groups excluding carboxylic acids is 1. The van der Waals surface area contributed by atoms with E-state index < -0.39 is 5.97 Å². The highest BCUT2D eigenvalue weighted by Crippen LogP contribution is 2.15. The summed E-state index contributed by atoms with van der Waals surface area (Å²) in [6.45, 7) is 3.71. The van der Waals surface area contributed by atoms with Gasteiger partial charge in [0.2, 0.25) is 0 Å². The lowest BCUT2D eigenvalue weighted by molar-refractivity contribution is -0.137. The molecule has 6 nitrogen and oxygen atoms in total. The summed E-state index contributed by atoms with van der Waals surface area (Å²) in [6.07, 6.45) is 4.75. The predicted molar refractivity (Wildman–Crippen MR) is 74.9 cm³/mol. The molecule has 0 spiro atoms. The number of nitrogens with zero attached hydrogens (tertiary/aromatic N) is 3. The maximum atomic E-state index is 11.4. The van der Waals surface area contributed by atoms with Gasteiger partial charge in [-0.05, 0) is 32.1 Å². The molecule has 0 saturated heterocycles. The van der Waals surface area contributed by atoms with E-state index in [9.17, 15) is 4.79 Å². The molecule has 2 rings (SSSR count). The highest BCUT2D eigenvalue weighted by atomic mass is 16.5. The molecule has 104 valence electrons. The Morgan fingerprint density at radius 3 is 3.05 bits per heavy atom. The number of oxime groups is 1. The zero-order valence-corrected chi connectivity index (χ0v) is 11.3. The van der Waals surface area contributed by atoms with Gasteiger partial charge in [-0.1, -0.05) is 11.2 Å². The summed E-state index contributed by atoms with van der Waals surface area (Å²) >= 11 is 0. The van der Waals surface area contributed by atoms with Gasteiger partial charge in [-0.2, -0.15) is 0 Å². The first-order valence-corrected chi connectivity index (χ1v) is 6.18. The van der Waals surface area contributed by atoms with E-state index in [0.717, 1.165) is 0 Å². The van der Waals surface area contributed by atoms with Crippen molar-refractivity contribution in [2.24, 2.45) is 5.16 Å². The molecule has 1 N–H and O–H groups in total. The molecule has 0 aromatic carbocycles. The lowest BCUT2D eigenvalue weighted by atomic mass is 10.2. The van der Waals surface area contributed by atoms with Crippen molar-refractivity contribution >= 4 is 23.4 Å². The Balaban J connectivity index is 2.51. The maximum Gasteiger partial charge on any atom is 0.330 e. The predicted octanol–water partition coefficient (Wildman–Crippen LogP) is 2.11. The second-order valence-electron chi connectivity index (χ2n) is 4.05. The molecule has 20 heavy (non-hydrogen) atoms. The van der Waals surface area contributed by atoms with Gasteiger partial charge in [0, 0.05) is 12.3 Å². The summed E-state index contributed by atoms with van der Waals surface area (Å²) in [4.78, 5) is 15.8. The summed E-state index contributed by atoms with van der Waals surface area (Å²) in [5.41, 5.74) is 2.24. The number of imidazole rings is 1. The van der Waals surface area contributed by atoms with Crippen molar-refractivity contribution in [3.63, 3.8) is 0 Å². The summed E-state index contributed by atoms with van der Waals surface area (Å²) in [5.74, 6) is -0.428. The average molecular weight is 273 g/mol.